The lowest BCUT2D eigenvalue weighted by Gasteiger charge is -2.45. The van der Waals surface area contributed by atoms with Crippen LogP contribution in [0.5, 0.6) is 0 Å². The molecule has 42 heavy (non-hydrogen) atoms. The van der Waals surface area contributed by atoms with E-state index in [1.165, 1.54) is 49.5 Å². The summed E-state index contributed by atoms with van der Waals surface area (Å²) in [4.78, 5) is 73.8. The molecule has 1 aliphatic carbocycles. The molecule has 1 atom stereocenters. The number of Topliss-reactive ketones (excluding diaryl/α,β-unsaturated/α-hetero) is 1. The molecule has 220 valence electrons. The summed E-state index contributed by atoms with van der Waals surface area (Å²) in [5, 5.41) is 9.97. The minimum atomic E-state index is -1.94. The summed E-state index contributed by atoms with van der Waals surface area (Å²) in [5.74, 6) is -11.2. The third-order valence-electron chi connectivity index (χ3n) is 6.69. The average Bonchev–Trinajstić information content (AvgIpc) is 2.90. The molecule has 2 spiro atoms. The molecule has 0 bridgehead atoms. The van der Waals surface area contributed by atoms with Gasteiger partial charge in [-0.3, -0.25) is 4.79 Å². The number of esters is 5. The quantitative estimate of drug-likeness (QED) is 0.159. The largest absolute Gasteiger partial charge is 0.480 e. The van der Waals surface area contributed by atoms with Gasteiger partial charge in [-0.05, 0) is 18.2 Å². The maximum atomic E-state index is 12.7. The van der Waals surface area contributed by atoms with Crippen molar-refractivity contribution in [2.45, 2.75) is 56.9 Å². The predicted octanol–water partition coefficient (Wildman–Crippen LogP) is 2.51. The van der Waals surface area contributed by atoms with Crippen molar-refractivity contribution < 1.29 is 62.3 Å². The summed E-state index contributed by atoms with van der Waals surface area (Å²) >= 11 is 0. The molecule has 3 heterocycles. The highest BCUT2D eigenvalue weighted by molar-refractivity contribution is 6.16. The molecule has 13 heteroatoms. The van der Waals surface area contributed by atoms with E-state index in [-0.39, 0.29) is 36.8 Å². The van der Waals surface area contributed by atoms with Crippen molar-refractivity contribution in [1.82, 2.24) is 0 Å². The van der Waals surface area contributed by atoms with E-state index in [1.807, 2.05) is 0 Å². The molecule has 3 fully saturated rings. The Labute approximate surface area is 239 Å². The maximum Gasteiger partial charge on any atom is 0.349 e. The summed E-state index contributed by atoms with van der Waals surface area (Å²) < 4.78 is 31.6. The van der Waals surface area contributed by atoms with Crippen LogP contribution in [0.3, 0.4) is 0 Å². The first kappa shape index (κ1) is 29.8. The number of hydrogen-bond donors (Lipinski definition) is 1. The van der Waals surface area contributed by atoms with Crippen LogP contribution in [0.4, 0.5) is 0 Å². The number of carbonyl (C=O) groups is 6. The Hall–Kier alpha value is -5.20. The summed E-state index contributed by atoms with van der Waals surface area (Å²) in [6.45, 7) is 5.81. The number of rotatable bonds is 6. The van der Waals surface area contributed by atoms with Crippen LogP contribution in [0.15, 0.2) is 83.9 Å². The van der Waals surface area contributed by atoms with E-state index in [4.69, 9.17) is 28.4 Å². The van der Waals surface area contributed by atoms with Crippen molar-refractivity contribution >= 4 is 35.6 Å². The highest BCUT2D eigenvalue weighted by Gasteiger charge is 2.56. The summed E-state index contributed by atoms with van der Waals surface area (Å²) in [6, 6.07) is 0. The minimum Gasteiger partial charge on any atom is -0.480 e. The SMILES string of the molecule is C=CC=CC=C1C(=O)OC2(CCC3(CC2)OC(=O)C(=CC=CC=CC2=C(O)OC(C)(C(C)=O)OC2=O)C(=O)O3)OC1=O. The molecule has 0 amide bonds. The van der Waals surface area contributed by atoms with E-state index in [2.05, 4.69) is 6.58 Å². The molecule has 0 radical (unpaired) electrons. The number of ether oxygens (including phenoxy) is 6. The molecule has 13 nitrogen and oxygen atoms in total. The Morgan fingerprint density at radius 1 is 0.690 bits per heavy atom. The predicted molar refractivity (Wildman–Crippen MR) is 138 cm³/mol. The van der Waals surface area contributed by atoms with Gasteiger partial charge in [0, 0.05) is 39.5 Å². The third-order valence-corrected chi connectivity index (χ3v) is 6.69. The van der Waals surface area contributed by atoms with Crippen LogP contribution in [-0.4, -0.2) is 58.1 Å². The average molecular weight is 583 g/mol. The van der Waals surface area contributed by atoms with Gasteiger partial charge in [-0.2, -0.15) is 0 Å². The van der Waals surface area contributed by atoms with Gasteiger partial charge in [0.15, 0.2) is 0 Å². The van der Waals surface area contributed by atoms with Gasteiger partial charge in [0.05, 0.1) is 0 Å². The number of carbonyl (C=O) groups excluding carboxylic acids is 6. The molecule has 1 unspecified atom stereocenters. The molecule has 0 aromatic carbocycles. The topological polar surface area (TPSA) is 178 Å². The zero-order valence-electron chi connectivity index (χ0n) is 22.6. The highest BCUT2D eigenvalue weighted by Crippen LogP contribution is 2.45. The van der Waals surface area contributed by atoms with Crippen LogP contribution in [0, 0.1) is 0 Å². The molecule has 0 aromatic heterocycles. The lowest BCUT2D eigenvalue weighted by molar-refractivity contribution is -0.291. The number of aliphatic hydroxyl groups is 1. The Morgan fingerprint density at radius 3 is 1.55 bits per heavy atom. The molecule has 0 aromatic rings. The Balaban J connectivity index is 1.36. The number of hydrogen-bond acceptors (Lipinski definition) is 13. The van der Waals surface area contributed by atoms with Gasteiger partial charge >= 0.3 is 35.6 Å². The third kappa shape index (κ3) is 5.94. The van der Waals surface area contributed by atoms with E-state index in [1.54, 1.807) is 0 Å². The number of allylic oxidation sites excluding steroid dienone is 8. The molecule has 4 rings (SSSR count). The molecular formula is C29H26O13. The van der Waals surface area contributed by atoms with E-state index >= 15 is 0 Å². The number of aliphatic hydroxyl groups excluding tert-OH is 1. The fourth-order valence-corrected chi connectivity index (χ4v) is 4.26. The smallest absolute Gasteiger partial charge is 0.349 e. The minimum absolute atomic E-state index is 0.0784. The standard InChI is InChI=1S/C29H26O13/c1-4-5-7-10-19-23(33)39-28(40-24(19)34)13-15-29(16-14-28)41-25(35)20(26(36)42-29)12-9-6-8-11-18-21(31)37-27(3,17(2)30)38-22(18)32/h4-12,31H,1,13-16H2,2-3H3. The maximum absolute atomic E-state index is 12.7. The van der Waals surface area contributed by atoms with Crippen LogP contribution in [0.2, 0.25) is 0 Å². The van der Waals surface area contributed by atoms with Crippen LogP contribution in [0.1, 0.15) is 39.5 Å². The first-order valence-corrected chi connectivity index (χ1v) is 12.7. The van der Waals surface area contributed by atoms with Crippen LogP contribution >= 0.6 is 0 Å². The molecule has 2 saturated heterocycles. The highest BCUT2D eigenvalue weighted by atomic mass is 16.8. The van der Waals surface area contributed by atoms with Gasteiger partial charge in [0.25, 0.3) is 17.5 Å². The normalized spacial score (nSPS) is 29.8. The lowest BCUT2D eigenvalue weighted by atomic mass is 9.87. The van der Waals surface area contributed by atoms with E-state index in [0.717, 1.165) is 19.1 Å². The Bertz CT molecular complexity index is 1400. The van der Waals surface area contributed by atoms with Gasteiger partial charge in [-0.25, -0.2) is 24.0 Å². The van der Waals surface area contributed by atoms with Gasteiger partial charge in [0.2, 0.25) is 5.78 Å². The van der Waals surface area contributed by atoms with Crippen molar-refractivity contribution in [2.75, 3.05) is 0 Å². The second-order valence-electron chi connectivity index (χ2n) is 9.62. The van der Waals surface area contributed by atoms with Crippen LogP contribution < -0.4 is 0 Å². The number of cyclic esters (lactones) is 1. The van der Waals surface area contributed by atoms with Crippen molar-refractivity contribution in [3.05, 3.63) is 83.9 Å². The summed E-state index contributed by atoms with van der Waals surface area (Å²) in [5.41, 5.74) is -1.06. The fourth-order valence-electron chi connectivity index (χ4n) is 4.26. The van der Waals surface area contributed by atoms with Gasteiger partial charge in [-0.15, -0.1) is 0 Å². The zero-order chi connectivity index (χ0) is 30.7. The molecule has 3 aliphatic heterocycles. The second kappa shape index (κ2) is 11.4. The molecule has 4 aliphatic rings. The Morgan fingerprint density at radius 2 is 1.14 bits per heavy atom. The van der Waals surface area contributed by atoms with Crippen LogP contribution in [-0.2, 0) is 57.2 Å². The summed E-state index contributed by atoms with van der Waals surface area (Å²) in [7, 11) is 0. The van der Waals surface area contributed by atoms with Crippen molar-refractivity contribution in [3.8, 4) is 0 Å². The lowest BCUT2D eigenvalue weighted by Crippen LogP contribution is -2.56. The zero-order valence-corrected chi connectivity index (χ0v) is 22.6. The van der Waals surface area contributed by atoms with Gasteiger partial charge < -0.3 is 33.5 Å². The van der Waals surface area contributed by atoms with Gasteiger partial charge in [0.1, 0.15) is 16.7 Å². The second-order valence-corrected chi connectivity index (χ2v) is 9.62. The molecule has 1 N–H and O–H groups in total. The number of ketones is 1. The van der Waals surface area contributed by atoms with E-state index in [9.17, 15) is 33.9 Å². The van der Waals surface area contributed by atoms with E-state index < -0.39 is 64.5 Å². The van der Waals surface area contributed by atoms with Crippen LogP contribution in [0.25, 0.3) is 0 Å². The van der Waals surface area contributed by atoms with Crippen molar-refractivity contribution in [3.63, 3.8) is 0 Å². The first-order valence-electron chi connectivity index (χ1n) is 12.7. The fraction of sp³-hybridized carbons (Fsp3) is 0.310. The van der Waals surface area contributed by atoms with Crippen molar-refractivity contribution in [2.24, 2.45) is 0 Å². The van der Waals surface area contributed by atoms with Gasteiger partial charge in [-0.1, -0.05) is 43.0 Å². The Kier molecular flexibility index (Phi) is 8.05. The van der Waals surface area contributed by atoms with Crippen molar-refractivity contribution in [1.29, 1.82) is 0 Å². The van der Waals surface area contributed by atoms with E-state index in [0.29, 0.717) is 0 Å². The molecule has 1 saturated carbocycles. The first-order chi connectivity index (χ1) is 19.8. The monoisotopic (exact) mass is 582 g/mol. The molecular weight excluding hydrogens is 556 g/mol. The summed E-state index contributed by atoms with van der Waals surface area (Å²) in [6.07, 6.45) is 11.5.